The molecule has 0 fully saturated rings. The highest BCUT2D eigenvalue weighted by atomic mass is 35.5. The maximum Gasteiger partial charge on any atom is 0.139 e. The second-order valence-corrected chi connectivity index (χ2v) is 5.63. The van der Waals surface area contributed by atoms with E-state index in [0.29, 0.717) is 22.3 Å². The molecule has 1 unspecified atom stereocenters. The predicted octanol–water partition coefficient (Wildman–Crippen LogP) is 4.15. The normalized spacial score (nSPS) is 12.0. The number of halogens is 2. The molecule has 21 heavy (non-hydrogen) atoms. The predicted molar refractivity (Wildman–Crippen MR) is 87.6 cm³/mol. The zero-order valence-electron chi connectivity index (χ0n) is 11.6. The summed E-state index contributed by atoms with van der Waals surface area (Å²) in [6, 6.07) is 12.9. The number of benzene rings is 2. The van der Waals surface area contributed by atoms with Crippen molar-refractivity contribution >= 4 is 28.9 Å². The standard InChI is InChI=1S/C16H17Cl2NO2/c1-11-2-5-13(6-3-11)19-9-14(20)10-21-16-8-12(17)4-7-15(16)18/h2-8,14,19-20H,9-10H2,1H3. The molecule has 0 saturated heterocycles. The fourth-order valence-corrected chi connectivity index (χ4v) is 2.07. The Bertz CT molecular complexity index is 587. The lowest BCUT2D eigenvalue weighted by Gasteiger charge is -2.15. The van der Waals surface area contributed by atoms with E-state index in [1.54, 1.807) is 18.2 Å². The third-order valence-electron chi connectivity index (χ3n) is 2.92. The average Bonchev–Trinajstić information content (AvgIpc) is 2.47. The minimum absolute atomic E-state index is 0.138. The lowest BCUT2D eigenvalue weighted by Crippen LogP contribution is -2.26. The van der Waals surface area contributed by atoms with Gasteiger partial charge >= 0.3 is 0 Å². The van der Waals surface area contributed by atoms with Gasteiger partial charge in [0.15, 0.2) is 0 Å². The van der Waals surface area contributed by atoms with Crippen molar-refractivity contribution in [2.24, 2.45) is 0 Å². The molecule has 3 nitrogen and oxygen atoms in total. The van der Waals surface area contributed by atoms with Crippen molar-refractivity contribution in [1.82, 2.24) is 0 Å². The van der Waals surface area contributed by atoms with Crippen molar-refractivity contribution in [3.8, 4) is 5.75 Å². The van der Waals surface area contributed by atoms with Crippen LogP contribution in [0.3, 0.4) is 0 Å². The van der Waals surface area contributed by atoms with Crippen molar-refractivity contribution in [1.29, 1.82) is 0 Å². The van der Waals surface area contributed by atoms with Gasteiger partial charge < -0.3 is 15.2 Å². The maximum atomic E-state index is 9.92. The Kier molecular flexibility index (Phi) is 5.74. The molecule has 0 heterocycles. The molecule has 1 atom stereocenters. The quantitative estimate of drug-likeness (QED) is 0.838. The van der Waals surface area contributed by atoms with Crippen molar-refractivity contribution < 1.29 is 9.84 Å². The highest BCUT2D eigenvalue weighted by Gasteiger charge is 2.08. The Morgan fingerprint density at radius 1 is 1.14 bits per heavy atom. The molecule has 0 aliphatic heterocycles. The SMILES string of the molecule is Cc1ccc(NCC(O)COc2cc(Cl)ccc2Cl)cc1. The van der Waals surface area contributed by atoms with E-state index in [1.807, 2.05) is 31.2 Å². The van der Waals surface area contributed by atoms with Gasteiger partial charge in [-0.1, -0.05) is 40.9 Å². The molecule has 2 rings (SSSR count). The van der Waals surface area contributed by atoms with Crippen LogP contribution in [0.2, 0.25) is 10.0 Å². The molecule has 0 aromatic heterocycles. The lowest BCUT2D eigenvalue weighted by molar-refractivity contribution is 0.117. The van der Waals surface area contributed by atoms with Crippen LogP contribution in [-0.4, -0.2) is 24.4 Å². The van der Waals surface area contributed by atoms with Crippen molar-refractivity contribution in [2.75, 3.05) is 18.5 Å². The van der Waals surface area contributed by atoms with Crippen molar-refractivity contribution in [3.63, 3.8) is 0 Å². The van der Waals surface area contributed by atoms with Gasteiger partial charge in [0.05, 0.1) is 5.02 Å². The summed E-state index contributed by atoms with van der Waals surface area (Å²) in [7, 11) is 0. The Balaban J connectivity index is 1.80. The van der Waals surface area contributed by atoms with E-state index >= 15 is 0 Å². The molecule has 0 bridgehead atoms. The minimum Gasteiger partial charge on any atom is -0.489 e. The summed E-state index contributed by atoms with van der Waals surface area (Å²) in [5.41, 5.74) is 2.15. The Labute approximate surface area is 134 Å². The topological polar surface area (TPSA) is 41.5 Å². The third-order valence-corrected chi connectivity index (χ3v) is 3.47. The maximum absolute atomic E-state index is 9.92. The van der Waals surface area contributed by atoms with E-state index in [-0.39, 0.29) is 6.61 Å². The first-order chi connectivity index (χ1) is 10.0. The Morgan fingerprint density at radius 2 is 1.86 bits per heavy atom. The number of nitrogens with one attached hydrogen (secondary N) is 1. The van der Waals surface area contributed by atoms with Crippen molar-refractivity contribution in [3.05, 3.63) is 58.1 Å². The number of hydrogen-bond acceptors (Lipinski definition) is 3. The number of hydrogen-bond donors (Lipinski definition) is 2. The summed E-state index contributed by atoms with van der Waals surface area (Å²) in [5, 5.41) is 14.1. The smallest absolute Gasteiger partial charge is 0.139 e. The number of aryl methyl sites for hydroxylation is 1. The molecule has 2 aromatic carbocycles. The highest BCUT2D eigenvalue weighted by Crippen LogP contribution is 2.27. The first-order valence-electron chi connectivity index (χ1n) is 6.61. The largest absolute Gasteiger partial charge is 0.489 e. The summed E-state index contributed by atoms with van der Waals surface area (Å²) >= 11 is 11.9. The first kappa shape index (κ1) is 16.0. The summed E-state index contributed by atoms with van der Waals surface area (Å²) in [6.45, 7) is 2.56. The van der Waals surface area contributed by atoms with Crippen LogP contribution in [0.4, 0.5) is 5.69 Å². The van der Waals surface area contributed by atoms with Gasteiger partial charge in [-0.25, -0.2) is 0 Å². The molecule has 2 aromatic rings. The fraction of sp³-hybridized carbons (Fsp3) is 0.250. The van der Waals surface area contributed by atoms with Crippen LogP contribution >= 0.6 is 23.2 Å². The highest BCUT2D eigenvalue weighted by molar-refractivity contribution is 6.34. The molecule has 0 radical (unpaired) electrons. The summed E-state index contributed by atoms with van der Waals surface area (Å²) < 4.78 is 5.48. The summed E-state index contributed by atoms with van der Waals surface area (Å²) in [4.78, 5) is 0. The Hall–Kier alpha value is -1.42. The van der Waals surface area contributed by atoms with E-state index in [4.69, 9.17) is 27.9 Å². The molecular formula is C16H17Cl2NO2. The summed E-state index contributed by atoms with van der Waals surface area (Å²) in [5.74, 6) is 0.471. The van der Waals surface area contributed by atoms with Gasteiger partial charge in [-0.15, -0.1) is 0 Å². The van der Waals surface area contributed by atoms with Crippen LogP contribution in [0.25, 0.3) is 0 Å². The number of aliphatic hydroxyl groups is 1. The van der Waals surface area contributed by atoms with Crippen LogP contribution in [0.1, 0.15) is 5.56 Å². The van der Waals surface area contributed by atoms with Gasteiger partial charge in [0.2, 0.25) is 0 Å². The first-order valence-corrected chi connectivity index (χ1v) is 7.36. The lowest BCUT2D eigenvalue weighted by atomic mass is 10.2. The van der Waals surface area contributed by atoms with Gasteiger partial charge in [0.1, 0.15) is 18.5 Å². The molecule has 5 heteroatoms. The molecule has 0 amide bonds. The van der Waals surface area contributed by atoms with Crippen molar-refractivity contribution in [2.45, 2.75) is 13.0 Å². The van der Waals surface area contributed by atoms with Gasteiger partial charge in [-0.2, -0.15) is 0 Å². The average molecular weight is 326 g/mol. The molecule has 0 aliphatic rings. The van der Waals surface area contributed by atoms with Gasteiger partial charge in [-0.05, 0) is 31.2 Å². The second-order valence-electron chi connectivity index (χ2n) is 4.79. The van der Waals surface area contributed by atoms with E-state index in [2.05, 4.69) is 5.32 Å². The Morgan fingerprint density at radius 3 is 2.57 bits per heavy atom. The third kappa shape index (κ3) is 5.12. The minimum atomic E-state index is -0.652. The monoisotopic (exact) mass is 325 g/mol. The summed E-state index contributed by atoms with van der Waals surface area (Å²) in [6.07, 6.45) is -0.652. The zero-order chi connectivity index (χ0) is 15.2. The fourth-order valence-electron chi connectivity index (χ4n) is 1.74. The van der Waals surface area contributed by atoms with Crippen LogP contribution < -0.4 is 10.1 Å². The van der Waals surface area contributed by atoms with E-state index in [0.717, 1.165) is 5.69 Å². The van der Waals surface area contributed by atoms with Crippen LogP contribution in [-0.2, 0) is 0 Å². The molecule has 0 saturated carbocycles. The molecule has 0 spiro atoms. The van der Waals surface area contributed by atoms with Crippen LogP contribution in [0.5, 0.6) is 5.75 Å². The number of anilines is 1. The van der Waals surface area contributed by atoms with Crippen LogP contribution in [0.15, 0.2) is 42.5 Å². The van der Waals surface area contributed by atoms with Gasteiger partial charge in [0, 0.05) is 23.3 Å². The second kappa shape index (κ2) is 7.55. The number of rotatable bonds is 6. The number of aliphatic hydroxyl groups excluding tert-OH is 1. The molecule has 2 N–H and O–H groups in total. The molecule has 0 aliphatic carbocycles. The molecular weight excluding hydrogens is 309 g/mol. The van der Waals surface area contributed by atoms with Gasteiger partial charge in [-0.3, -0.25) is 0 Å². The molecule has 112 valence electrons. The zero-order valence-corrected chi connectivity index (χ0v) is 13.2. The van der Waals surface area contributed by atoms with Crippen LogP contribution in [0, 0.1) is 6.92 Å². The van der Waals surface area contributed by atoms with E-state index in [1.165, 1.54) is 5.56 Å². The van der Waals surface area contributed by atoms with E-state index in [9.17, 15) is 5.11 Å². The van der Waals surface area contributed by atoms with E-state index < -0.39 is 6.10 Å². The van der Waals surface area contributed by atoms with Gasteiger partial charge in [0.25, 0.3) is 0 Å². The number of ether oxygens (including phenoxy) is 1.